The van der Waals surface area contributed by atoms with Gasteiger partial charge in [0.05, 0.1) is 0 Å². The molecule has 1 rings (SSSR count). The second-order valence-electron chi connectivity index (χ2n) is 7.13. The van der Waals surface area contributed by atoms with Crippen molar-refractivity contribution in [3.63, 3.8) is 0 Å². The first-order valence-corrected chi connectivity index (χ1v) is 6.53. The van der Waals surface area contributed by atoms with Gasteiger partial charge in [-0.05, 0) is 56.7 Å². The highest BCUT2D eigenvalue weighted by Crippen LogP contribution is 2.22. The van der Waals surface area contributed by atoms with E-state index in [0.29, 0.717) is 5.41 Å². The number of aryl methyl sites for hydroxylation is 1. The maximum absolute atomic E-state index is 3.48. The van der Waals surface area contributed by atoms with Gasteiger partial charge in [-0.1, -0.05) is 32.9 Å². The summed E-state index contributed by atoms with van der Waals surface area (Å²) in [6, 6.07) is 8.84. The minimum absolute atomic E-state index is 0.132. The summed E-state index contributed by atoms with van der Waals surface area (Å²) in [6.07, 6.45) is 2.40. The predicted molar refractivity (Wildman–Crippen MR) is 77.6 cm³/mol. The average molecular weight is 233 g/mol. The molecule has 0 radical (unpaired) electrons. The van der Waals surface area contributed by atoms with Gasteiger partial charge in [0, 0.05) is 11.2 Å². The summed E-state index contributed by atoms with van der Waals surface area (Å²) >= 11 is 0. The normalized spacial score (nSPS) is 12.6. The van der Waals surface area contributed by atoms with Gasteiger partial charge in [0.15, 0.2) is 0 Å². The fraction of sp³-hybridized carbons (Fsp3) is 0.625. The summed E-state index contributed by atoms with van der Waals surface area (Å²) < 4.78 is 0. The van der Waals surface area contributed by atoms with Gasteiger partial charge in [-0.15, -0.1) is 0 Å². The molecule has 0 saturated heterocycles. The zero-order valence-corrected chi connectivity index (χ0v) is 12.2. The Kier molecular flexibility index (Phi) is 4.24. The summed E-state index contributed by atoms with van der Waals surface area (Å²) in [5.74, 6) is 0. The van der Waals surface area contributed by atoms with Gasteiger partial charge >= 0.3 is 0 Å². The number of nitrogens with one attached hydrogen (secondary N) is 1. The number of anilines is 1. The van der Waals surface area contributed by atoms with Gasteiger partial charge in [0.1, 0.15) is 0 Å². The fourth-order valence-corrected chi connectivity index (χ4v) is 1.71. The molecule has 1 aromatic carbocycles. The molecule has 0 aliphatic carbocycles. The van der Waals surface area contributed by atoms with Crippen LogP contribution in [-0.2, 0) is 6.42 Å². The molecular formula is C16H27N. The zero-order valence-electron chi connectivity index (χ0n) is 12.2. The van der Waals surface area contributed by atoms with E-state index in [2.05, 4.69) is 71.1 Å². The van der Waals surface area contributed by atoms with E-state index in [4.69, 9.17) is 0 Å². The van der Waals surface area contributed by atoms with Crippen molar-refractivity contribution in [1.29, 1.82) is 0 Å². The first-order chi connectivity index (χ1) is 7.66. The molecule has 0 aliphatic rings. The maximum atomic E-state index is 3.48. The van der Waals surface area contributed by atoms with Crippen molar-refractivity contribution in [2.45, 2.75) is 59.9 Å². The summed E-state index contributed by atoms with van der Waals surface area (Å²) in [7, 11) is 0. The molecule has 0 fully saturated rings. The lowest BCUT2D eigenvalue weighted by Crippen LogP contribution is -2.25. The van der Waals surface area contributed by atoms with Gasteiger partial charge in [0.25, 0.3) is 0 Å². The molecule has 0 saturated carbocycles. The summed E-state index contributed by atoms with van der Waals surface area (Å²) in [4.78, 5) is 0. The first-order valence-electron chi connectivity index (χ1n) is 6.53. The van der Waals surface area contributed by atoms with Crippen LogP contribution in [0, 0.1) is 5.41 Å². The van der Waals surface area contributed by atoms with Crippen LogP contribution in [0.4, 0.5) is 5.69 Å². The Balaban J connectivity index is 2.56. The lowest BCUT2D eigenvalue weighted by Gasteiger charge is -2.22. The minimum Gasteiger partial charge on any atom is -0.380 e. The lowest BCUT2D eigenvalue weighted by atomic mass is 9.89. The minimum atomic E-state index is 0.132. The Morgan fingerprint density at radius 2 is 1.41 bits per heavy atom. The molecule has 0 amide bonds. The van der Waals surface area contributed by atoms with E-state index in [9.17, 15) is 0 Å². The molecule has 1 N–H and O–H groups in total. The largest absolute Gasteiger partial charge is 0.380 e. The highest BCUT2D eigenvalue weighted by Gasteiger charge is 2.11. The van der Waals surface area contributed by atoms with E-state index in [1.54, 1.807) is 0 Å². The third-order valence-corrected chi connectivity index (χ3v) is 2.64. The summed E-state index contributed by atoms with van der Waals surface area (Å²) in [6.45, 7) is 13.4. The second-order valence-corrected chi connectivity index (χ2v) is 7.13. The van der Waals surface area contributed by atoms with E-state index in [1.807, 2.05) is 0 Å². The van der Waals surface area contributed by atoms with Crippen LogP contribution in [0.5, 0.6) is 0 Å². The van der Waals surface area contributed by atoms with E-state index < -0.39 is 0 Å². The van der Waals surface area contributed by atoms with Gasteiger partial charge in [-0.3, -0.25) is 0 Å². The Morgan fingerprint density at radius 1 is 0.882 bits per heavy atom. The van der Waals surface area contributed by atoms with Crippen LogP contribution in [0.25, 0.3) is 0 Å². The first kappa shape index (κ1) is 14.1. The topological polar surface area (TPSA) is 12.0 Å². The van der Waals surface area contributed by atoms with Gasteiger partial charge in [-0.2, -0.15) is 0 Å². The quantitative estimate of drug-likeness (QED) is 0.785. The smallest absolute Gasteiger partial charge is 0.0344 e. The van der Waals surface area contributed by atoms with Crippen molar-refractivity contribution in [2.24, 2.45) is 5.41 Å². The summed E-state index contributed by atoms with van der Waals surface area (Å²) in [5, 5.41) is 3.48. The fourth-order valence-electron chi connectivity index (χ4n) is 1.71. The van der Waals surface area contributed by atoms with Crippen LogP contribution in [0.2, 0.25) is 0 Å². The van der Waals surface area contributed by atoms with E-state index in [0.717, 1.165) is 0 Å². The number of rotatable bonds is 3. The van der Waals surface area contributed by atoms with Crippen LogP contribution in [0.3, 0.4) is 0 Å². The third-order valence-electron chi connectivity index (χ3n) is 2.64. The maximum Gasteiger partial charge on any atom is 0.0344 e. The van der Waals surface area contributed by atoms with Crippen LogP contribution in [-0.4, -0.2) is 5.54 Å². The van der Waals surface area contributed by atoms with Gasteiger partial charge in [-0.25, -0.2) is 0 Å². The molecule has 0 aliphatic heterocycles. The van der Waals surface area contributed by atoms with Crippen molar-refractivity contribution >= 4 is 5.69 Å². The highest BCUT2D eigenvalue weighted by atomic mass is 14.9. The van der Waals surface area contributed by atoms with Gasteiger partial charge < -0.3 is 5.32 Å². The van der Waals surface area contributed by atoms with E-state index >= 15 is 0 Å². The molecule has 0 bridgehead atoms. The van der Waals surface area contributed by atoms with Crippen molar-refractivity contribution in [1.82, 2.24) is 0 Å². The molecular weight excluding hydrogens is 206 g/mol. The standard InChI is InChI=1S/C16H27N/c1-15(2,3)12-11-13-7-9-14(10-8-13)17-16(4,5)6/h7-10,17H,11-12H2,1-6H3. The van der Waals surface area contributed by atoms with Crippen LogP contribution in [0.1, 0.15) is 53.5 Å². The average Bonchev–Trinajstić information content (AvgIpc) is 2.13. The molecule has 96 valence electrons. The Labute approximate surface area is 107 Å². The van der Waals surface area contributed by atoms with Crippen molar-refractivity contribution in [3.05, 3.63) is 29.8 Å². The number of benzene rings is 1. The van der Waals surface area contributed by atoms with Gasteiger partial charge in [0.2, 0.25) is 0 Å². The van der Waals surface area contributed by atoms with E-state index in [-0.39, 0.29) is 5.54 Å². The molecule has 0 atom stereocenters. The highest BCUT2D eigenvalue weighted by molar-refractivity contribution is 5.46. The third kappa shape index (κ3) is 6.35. The van der Waals surface area contributed by atoms with Crippen LogP contribution < -0.4 is 5.32 Å². The molecule has 17 heavy (non-hydrogen) atoms. The SMILES string of the molecule is CC(C)(C)CCc1ccc(NC(C)(C)C)cc1. The Bertz CT molecular complexity index is 335. The predicted octanol–water partition coefficient (Wildman–Crippen LogP) is 4.88. The number of hydrogen-bond acceptors (Lipinski definition) is 1. The van der Waals surface area contributed by atoms with Crippen molar-refractivity contribution in [3.8, 4) is 0 Å². The van der Waals surface area contributed by atoms with Crippen molar-refractivity contribution < 1.29 is 0 Å². The summed E-state index contributed by atoms with van der Waals surface area (Å²) in [5.41, 5.74) is 3.19. The molecule has 1 heteroatoms. The molecule has 0 aromatic heterocycles. The Hall–Kier alpha value is -0.980. The lowest BCUT2D eigenvalue weighted by molar-refractivity contribution is 0.378. The van der Waals surface area contributed by atoms with Crippen molar-refractivity contribution in [2.75, 3.05) is 5.32 Å². The monoisotopic (exact) mass is 233 g/mol. The zero-order chi connectivity index (χ0) is 13.1. The molecule has 0 unspecified atom stereocenters. The Morgan fingerprint density at radius 3 is 1.82 bits per heavy atom. The molecule has 0 heterocycles. The number of hydrogen-bond donors (Lipinski definition) is 1. The van der Waals surface area contributed by atoms with Crippen LogP contribution >= 0.6 is 0 Å². The second kappa shape index (κ2) is 5.12. The molecule has 1 aromatic rings. The van der Waals surface area contributed by atoms with Crippen LogP contribution in [0.15, 0.2) is 24.3 Å². The molecule has 1 nitrogen and oxygen atoms in total. The molecule has 0 spiro atoms. The van der Waals surface area contributed by atoms with E-state index in [1.165, 1.54) is 24.1 Å².